The third-order valence-corrected chi connectivity index (χ3v) is 6.77. The van der Waals surface area contributed by atoms with Gasteiger partial charge in [-0.25, -0.2) is 0 Å². The minimum Gasteiger partial charge on any atom is -0.282 e. The van der Waals surface area contributed by atoms with Crippen molar-refractivity contribution < 1.29 is 17.8 Å². The molecule has 0 atom stereocenters. The highest BCUT2D eigenvalue weighted by Gasteiger charge is 2.33. The summed E-state index contributed by atoms with van der Waals surface area (Å²) in [6.45, 7) is 0.758. The van der Waals surface area contributed by atoms with Crippen molar-refractivity contribution in [2.75, 3.05) is 0 Å². The van der Waals surface area contributed by atoms with Crippen LogP contribution in [-0.4, -0.2) is 28.9 Å². The molecule has 8 heteroatoms. The van der Waals surface area contributed by atoms with Crippen molar-refractivity contribution >= 4 is 39.0 Å². The third-order valence-electron chi connectivity index (χ3n) is 4.79. The first-order valence-electron chi connectivity index (χ1n) is 9.82. The van der Waals surface area contributed by atoms with E-state index in [1.165, 1.54) is 30.0 Å². The molecule has 0 aliphatic carbocycles. The van der Waals surface area contributed by atoms with Gasteiger partial charge in [0.25, 0.3) is 16.0 Å². The topological polar surface area (TPSA) is 87.0 Å². The van der Waals surface area contributed by atoms with Crippen molar-refractivity contribution in [3.05, 3.63) is 107 Å². The Morgan fingerprint density at radius 1 is 0.875 bits per heavy atom. The molecule has 4 rings (SSSR count). The maximum Gasteiger partial charge on any atom is 0.295 e. The van der Waals surface area contributed by atoms with E-state index in [1.807, 2.05) is 60.7 Å². The Morgan fingerprint density at radius 3 is 2.12 bits per heavy atom. The molecule has 0 spiro atoms. The summed E-state index contributed by atoms with van der Waals surface area (Å²) in [5.74, 6) is -0.268. The molecule has 0 saturated carbocycles. The van der Waals surface area contributed by atoms with Crippen molar-refractivity contribution in [1.82, 2.24) is 4.90 Å². The van der Waals surface area contributed by atoms with E-state index in [2.05, 4.69) is 4.99 Å². The highest BCUT2D eigenvalue weighted by atomic mass is 32.2. The number of carbonyl (C=O) groups is 1. The molecule has 162 valence electrons. The van der Waals surface area contributed by atoms with Gasteiger partial charge in [0.15, 0.2) is 5.17 Å². The molecule has 0 radical (unpaired) electrons. The highest BCUT2D eigenvalue weighted by Crippen LogP contribution is 2.35. The van der Waals surface area contributed by atoms with Crippen LogP contribution in [0.3, 0.4) is 0 Å². The number of amides is 1. The lowest BCUT2D eigenvalue weighted by atomic mass is 10.2. The summed E-state index contributed by atoms with van der Waals surface area (Å²) in [4.78, 5) is 19.6. The Morgan fingerprint density at radius 2 is 1.47 bits per heavy atom. The molecule has 1 heterocycles. The van der Waals surface area contributed by atoms with E-state index in [1.54, 1.807) is 17.0 Å². The summed E-state index contributed by atoms with van der Waals surface area (Å²) in [5.41, 5.74) is 2.21. The van der Waals surface area contributed by atoms with Crippen LogP contribution in [0.2, 0.25) is 0 Å². The van der Waals surface area contributed by atoms with Crippen molar-refractivity contribution in [3.8, 4) is 0 Å². The molecule has 1 amide bonds. The number of amidine groups is 1. The Kier molecular flexibility index (Phi) is 6.55. The summed E-state index contributed by atoms with van der Waals surface area (Å²) in [6, 6.07) is 25.3. The standard InChI is InChI=1S/C24H20N2O4S2/c27-23-21(15-20-13-7-8-14-22(20)32(28,29)30)31-24(25-16-18-9-3-1-4-10-18)26(23)17-19-11-5-2-6-12-19/h1-15H,16-17H2,(H,28,29,30)/b21-15+,25-24?. The predicted molar refractivity (Wildman–Crippen MR) is 126 cm³/mol. The fourth-order valence-corrected chi connectivity index (χ4v) is 4.89. The Hall–Kier alpha value is -3.20. The Bertz CT molecular complexity index is 1290. The molecule has 0 aromatic heterocycles. The SMILES string of the molecule is O=C1/C(=C\c2ccccc2S(=O)(=O)O)SC(=NCc2ccccc2)N1Cc1ccccc1. The van der Waals surface area contributed by atoms with E-state index in [0.29, 0.717) is 23.2 Å². The van der Waals surface area contributed by atoms with E-state index >= 15 is 0 Å². The molecule has 3 aromatic rings. The van der Waals surface area contributed by atoms with E-state index in [0.717, 1.165) is 11.1 Å². The number of rotatable bonds is 6. The first-order chi connectivity index (χ1) is 15.4. The van der Waals surface area contributed by atoms with Crippen molar-refractivity contribution in [2.45, 2.75) is 18.0 Å². The van der Waals surface area contributed by atoms with Gasteiger partial charge in [-0.2, -0.15) is 8.42 Å². The van der Waals surface area contributed by atoms with Gasteiger partial charge in [-0.15, -0.1) is 0 Å². The van der Waals surface area contributed by atoms with Gasteiger partial charge in [-0.3, -0.25) is 19.2 Å². The predicted octanol–water partition coefficient (Wildman–Crippen LogP) is 4.61. The number of thioether (sulfide) groups is 1. The summed E-state index contributed by atoms with van der Waals surface area (Å²) >= 11 is 1.19. The minimum absolute atomic E-state index is 0.245. The van der Waals surface area contributed by atoms with E-state index in [-0.39, 0.29) is 16.4 Å². The van der Waals surface area contributed by atoms with E-state index in [4.69, 9.17) is 0 Å². The first-order valence-corrected chi connectivity index (χ1v) is 12.1. The zero-order chi connectivity index (χ0) is 22.6. The average molecular weight is 465 g/mol. The van der Waals surface area contributed by atoms with Gasteiger partial charge in [-0.05, 0) is 40.6 Å². The molecule has 1 fully saturated rings. The number of nitrogens with zero attached hydrogens (tertiary/aromatic N) is 2. The Balaban J connectivity index is 1.70. The van der Waals surface area contributed by atoms with Crippen molar-refractivity contribution in [3.63, 3.8) is 0 Å². The molecule has 1 aliphatic rings. The van der Waals surface area contributed by atoms with Crippen LogP contribution in [0.4, 0.5) is 0 Å². The summed E-state index contributed by atoms with van der Waals surface area (Å²) in [5, 5.41) is 0.540. The van der Waals surface area contributed by atoms with Gasteiger partial charge in [-0.1, -0.05) is 78.9 Å². The Labute approximate surface area is 191 Å². The van der Waals surface area contributed by atoms with Crippen LogP contribution in [0.1, 0.15) is 16.7 Å². The summed E-state index contributed by atoms with van der Waals surface area (Å²) < 4.78 is 33.0. The molecule has 0 bridgehead atoms. The number of carbonyl (C=O) groups excluding carboxylic acids is 1. The van der Waals surface area contributed by atoms with Gasteiger partial charge in [0.05, 0.1) is 18.0 Å². The lowest BCUT2D eigenvalue weighted by Gasteiger charge is -2.15. The van der Waals surface area contributed by atoms with Gasteiger partial charge in [0, 0.05) is 0 Å². The molecule has 1 N–H and O–H groups in total. The third kappa shape index (κ3) is 5.16. The smallest absolute Gasteiger partial charge is 0.282 e. The second-order valence-corrected chi connectivity index (χ2v) is 9.48. The van der Waals surface area contributed by atoms with Gasteiger partial charge < -0.3 is 0 Å². The maximum absolute atomic E-state index is 13.2. The highest BCUT2D eigenvalue weighted by molar-refractivity contribution is 8.18. The quantitative estimate of drug-likeness (QED) is 0.425. The lowest BCUT2D eigenvalue weighted by Crippen LogP contribution is -2.28. The van der Waals surface area contributed by atoms with Gasteiger partial charge in [0.1, 0.15) is 4.90 Å². The molecule has 1 aliphatic heterocycles. The van der Waals surface area contributed by atoms with E-state index in [9.17, 15) is 17.8 Å². The number of benzene rings is 3. The minimum atomic E-state index is -4.42. The van der Waals surface area contributed by atoms with Crippen LogP contribution in [0.5, 0.6) is 0 Å². The molecule has 32 heavy (non-hydrogen) atoms. The van der Waals surface area contributed by atoms with Crippen molar-refractivity contribution in [1.29, 1.82) is 0 Å². The van der Waals surface area contributed by atoms with Crippen LogP contribution in [0, 0.1) is 0 Å². The van der Waals surface area contributed by atoms with Crippen LogP contribution >= 0.6 is 11.8 Å². The first kappa shape index (κ1) is 22.0. The molecule has 3 aromatic carbocycles. The van der Waals surface area contributed by atoms with Gasteiger partial charge >= 0.3 is 0 Å². The summed E-state index contributed by atoms with van der Waals surface area (Å²) in [7, 11) is -4.42. The van der Waals surface area contributed by atoms with E-state index < -0.39 is 10.1 Å². The fourth-order valence-electron chi connectivity index (χ4n) is 3.25. The normalized spacial score (nSPS) is 16.8. The fraction of sp³-hybridized carbons (Fsp3) is 0.0833. The molecule has 1 saturated heterocycles. The van der Waals surface area contributed by atoms with Gasteiger partial charge in [0.2, 0.25) is 0 Å². The van der Waals surface area contributed by atoms with Crippen LogP contribution in [0.25, 0.3) is 6.08 Å². The zero-order valence-corrected chi connectivity index (χ0v) is 18.6. The second-order valence-electron chi connectivity index (χ2n) is 7.08. The van der Waals surface area contributed by atoms with Crippen molar-refractivity contribution in [2.24, 2.45) is 4.99 Å². The lowest BCUT2D eigenvalue weighted by molar-refractivity contribution is -0.122. The zero-order valence-electron chi connectivity index (χ0n) is 17.0. The second kappa shape index (κ2) is 9.52. The molecular formula is C24H20N2O4S2. The molecule has 0 unspecified atom stereocenters. The van der Waals surface area contributed by atoms with Crippen LogP contribution in [0.15, 0.2) is 99.7 Å². The molecule has 6 nitrogen and oxygen atoms in total. The number of hydrogen-bond acceptors (Lipinski definition) is 5. The molecular weight excluding hydrogens is 444 g/mol. The average Bonchev–Trinajstić information content (AvgIpc) is 3.08. The van der Waals surface area contributed by atoms with Crippen LogP contribution < -0.4 is 0 Å². The summed E-state index contributed by atoms with van der Waals surface area (Å²) in [6.07, 6.45) is 1.49. The largest absolute Gasteiger partial charge is 0.295 e. The number of aliphatic imine (C=N–C) groups is 1. The monoisotopic (exact) mass is 464 g/mol. The number of hydrogen-bond donors (Lipinski definition) is 1. The maximum atomic E-state index is 13.2. The van der Waals surface area contributed by atoms with Crippen LogP contribution in [-0.2, 0) is 28.0 Å².